The van der Waals surface area contributed by atoms with Crippen LogP contribution in [0.4, 0.5) is 0 Å². The second-order valence-corrected chi connectivity index (χ2v) is 7.65. The average Bonchev–Trinajstić information content (AvgIpc) is 2.70. The molecule has 4 nitrogen and oxygen atoms in total. The van der Waals surface area contributed by atoms with Crippen LogP contribution in [0.2, 0.25) is 0 Å². The van der Waals surface area contributed by atoms with Crippen molar-refractivity contribution in [2.75, 3.05) is 11.5 Å². The molecule has 0 atom stereocenters. The van der Waals surface area contributed by atoms with Gasteiger partial charge in [0.25, 0.3) is 0 Å². The van der Waals surface area contributed by atoms with E-state index in [1.807, 2.05) is 5.38 Å². The van der Waals surface area contributed by atoms with Crippen molar-refractivity contribution in [1.82, 2.24) is 4.98 Å². The van der Waals surface area contributed by atoms with Gasteiger partial charge in [0.2, 0.25) is 0 Å². The molecule has 17 heavy (non-hydrogen) atoms. The number of aromatic nitrogens is 1. The largest absolute Gasteiger partial charge is 0.303 e. The molecule has 6 heteroatoms. The molecule has 1 aliphatic rings. The van der Waals surface area contributed by atoms with Crippen LogP contribution in [0.3, 0.4) is 0 Å². The van der Waals surface area contributed by atoms with E-state index in [0.717, 1.165) is 36.3 Å². The van der Waals surface area contributed by atoms with Gasteiger partial charge < -0.3 is 4.79 Å². The third kappa shape index (κ3) is 3.61. The fraction of sp³-hybridized carbons (Fsp3) is 0.636. The molecule has 2 heterocycles. The summed E-state index contributed by atoms with van der Waals surface area (Å²) in [5, 5.41) is 2.93. The number of rotatable bonds is 4. The molecule has 0 radical (unpaired) electrons. The minimum absolute atomic E-state index is 0.310. The Balaban J connectivity index is 1.90. The Kier molecular flexibility index (Phi) is 3.93. The van der Waals surface area contributed by atoms with Gasteiger partial charge in [0.05, 0.1) is 22.2 Å². The number of nitrogens with zero attached hydrogens (tertiary/aromatic N) is 1. The Morgan fingerprint density at radius 1 is 1.41 bits per heavy atom. The van der Waals surface area contributed by atoms with Crippen molar-refractivity contribution in [2.45, 2.75) is 25.7 Å². The summed E-state index contributed by atoms with van der Waals surface area (Å²) in [6, 6.07) is 0. The van der Waals surface area contributed by atoms with Gasteiger partial charge in [-0.2, -0.15) is 0 Å². The maximum absolute atomic E-state index is 11.3. The maximum Gasteiger partial charge on any atom is 0.150 e. The quantitative estimate of drug-likeness (QED) is 0.775. The van der Waals surface area contributed by atoms with E-state index < -0.39 is 9.84 Å². The van der Waals surface area contributed by atoms with Gasteiger partial charge in [0.15, 0.2) is 0 Å². The van der Waals surface area contributed by atoms with Gasteiger partial charge in [0.1, 0.15) is 16.1 Å². The van der Waals surface area contributed by atoms with Gasteiger partial charge in [-0.3, -0.25) is 0 Å². The third-order valence-corrected chi connectivity index (χ3v) is 5.66. The first kappa shape index (κ1) is 12.7. The van der Waals surface area contributed by atoms with Crippen molar-refractivity contribution in [1.29, 1.82) is 0 Å². The number of aldehydes is 1. The second kappa shape index (κ2) is 5.27. The van der Waals surface area contributed by atoms with Gasteiger partial charge in [-0.15, -0.1) is 11.3 Å². The first-order valence-electron chi connectivity index (χ1n) is 5.66. The summed E-state index contributed by atoms with van der Waals surface area (Å²) >= 11 is 1.56. The SMILES string of the molecule is O=CCc1csc(CC2CCS(=O)(=O)CC2)n1. The zero-order valence-electron chi connectivity index (χ0n) is 9.46. The molecule has 0 aliphatic carbocycles. The minimum Gasteiger partial charge on any atom is -0.303 e. The fourth-order valence-electron chi connectivity index (χ4n) is 2.01. The van der Waals surface area contributed by atoms with E-state index in [9.17, 15) is 13.2 Å². The number of hydrogen-bond acceptors (Lipinski definition) is 5. The van der Waals surface area contributed by atoms with Gasteiger partial charge in [-0.25, -0.2) is 13.4 Å². The van der Waals surface area contributed by atoms with Crippen molar-refractivity contribution in [2.24, 2.45) is 5.92 Å². The lowest BCUT2D eigenvalue weighted by Crippen LogP contribution is -2.24. The van der Waals surface area contributed by atoms with E-state index in [2.05, 4.69) is 4.98 Å². The summed E-state index contributed by atoms with van der Waals surface area (Å²) in [6.07, 6.45) is 3.55. The monoisotopic (exact) mass is 273 g/mol. The highest BCUT2D eigenvalue weighted by molar-refractivity contribution is 7.91. The smallest absolute Gasteiger partial charge is 0.150 e. The van der Waals surface area contributed by atoms with E-state index in [1.54, 1.807) is 11.3 Å². The number of carbonyl (C=O) groups is 1. The maximum atomic E-state index is 11.3. The van der Waals surface area contributed by atoms with Crippen LogP contribution in [0.15, 0.2) is 5.38 Å². The summed E-state index contributed by atoms with van der Waals surface area (Å²) in [5.41, 5.74) is 0.823. The van der Waals surface area contributed by atoms with E-state index >= 15 is 0 Å². The molecule has 1 aliphatic heterocycles. The summed E-state index contributed by atoms with van der Waals surface area (Å²) in [6.45, 7) is 0. The van der Waals surface area contributed by atoms with E-state index in [4.69, 9.17) is 0 Å². The topological polar surface area (TPSA) is 64.1 Å². The highest BCUT2D eigenvalue weighted by Crippen LogP contribution is 2.24. The van der Waals surface area contributed by atoms with Crippen LogP contribution < -0.4 is 0 Å². The summed E-state index contributed by atoms with van der Waals surface area (Å²) in [7, 11) is -2.77. The van der Waals surface area contributed by atoms with Crippen molar-refractivity contribution < 1.29 is 13.2 Å². The molecule has 1 saturated heterocycles. The Labute approximate surface area is 105 Å². The summed E-state index contributed by atoms with van der Waals surface area (Å²) in [5.74, 6) is 1.04. The molecule has 0 spiro atoms. The molecule has 0 unspecified atom stereocenters. The van der Waals surface area contributed by atoms with Crippen molar-refractivity contribution in [3.05, 3.63) is 16.1 Å². The average molecular weight is 273 g/mol. The molecule has 1 aromatic heterocycles. The molecule has 0 N–H and O–H groups in total. The van der Waals surface area contributed by atoms with Gasteiger partial charge in [-0.1, -0.05) is 0 Å². The van der Waals surface area contributed by atoms with Crippen LogP contribution in [0.5, 0.6) is 0 Å². The third-order valence-electron chi connectivity index (χ3n) is 3.03. The second-order valence-electron chi connectivity index (χ2n) is 4.40. The fourth-order valence-corrected chi connectivity index (χ4v) is 4.52. The predicted molar refractivity (Wildman–Crippen MR) is 67.0 cm³/mol. The molecule has 2 rings (SSSR count). The molecule has 0 bridgehead atoms. The van der Waals surface area contributed by atoms with Crippen molar-refractivity contribution in [3.63, 3.8) is 0 Å². The van der Waals surface area contributed by atoms with Crippen LogP contribution in [-0.2, 0) is 27.5 Å². The van der Waals surface area contributed by atoms with E-state index in [0.29, 0.717) is 23.8 Å². The Bertz CT molecular complexity index is 479. The highest BCUT2D eigenvalue weighted by Gasteiger charge is 2.24. The molecule has 94 valence electrons. The molecule has 1 aromatic rings. The predicted octanol–water partition coefficient (Wildman–Crippen LogP) is 1.25. The van der Waals surface area contributed by atoms with Crippen LogP contribution in [0.25, 0.3) is 0 Å². The Morgan fingerprint density at radius 3 is 2.76 bits per heavy atom. The minimum atomic E-state index is -2.77. The standard InChI is InChI=1S/C11H15NO3S2/c13-4-1-10-8-16-11(12-10)7-9-2-5-17(14,15)6-3-9/h4,8-9H,1-3,5-7H2. The molecule has 1 fully saturated rings. The number of carbonyl (C=O) groups excluding carboxylic acids is 1. The van der Waals surface area contributed by atoms with Crippen LogP contribution >= 0.6 is 11.3 Å². The van der Waals surface area contributed by atoms with E-state index in [1.165, 1.54) is 0 Å². The van der Waals surface area contributed by atoms with Crippen LogP contribution in [-0.4, -0.2) is 31.2 Å². The number of hydrogen-bond donors (Lipinski definition) is 0. The number of sulfone groups is 1. The van der Waals surface area contributed by atoms with Crippen molar-refractivity contribution >= 4 is 27.5 Å². The Hall–Kier alpha value is -0.750. The summed E-state index contributed by atoms with van der Waals surface area (Å²) < 4.78 is 22.6. The van der Waals surface area contributed by atoms with Gasteiger partial charge in [-0.05, 0) is 18.8 Å². The molecule has 0 amide bonds. The lowest BCUT2D eigenvalue weighted by Gasteiger charge is -2.20. The summed E-state index contributed by atoms with van der Waals surface area (Å²) in [4.78, 5) is 14.7. The Morgan fingerprint density at radius 2 is 2.12 bits per heavy atom. The van der Waals surface area contributed by atoms with Gasteiger partial charge in [0, 0.05) is 18.2 Å². The zero-order chi connectivity index (χ0) is 12.3. The lowest BCUT2D eigenvalue weighted by molar-refractivity contribution is -0.107. The van der Waals surface area contributed by atoms with Gasteiger partial charge >= 0.3 is 0 Å². The normalized spacial score (nSPS) is 20.2. The number of thiazole rings is 1. The first-order chi connectivity index (χ1) is 8.09. The van der Waals surface area contributed by atoms with Crippen LogP contribution in [0.1, 0.15) is 23.5 Å². The molecular weight excluding hydrogens is 258 g/mol. The lowest BCUT2D eigenvalue weighted by atomic mass is 9.99. The highest BCUT2D eigenvalue weighted by atomic mass is 32.2. The molecule has 0 saturated carbocycles. The zero-order valence-corrected chi connectivity index (χ0v) is 11.1. The van der Waals surface area contributed by atoms with Crippen molar-refractivity contribution in [3.8, 4) is 0 Å². The first-order valence-corrected chi connectivity index (χ1v) is 8.36. The van der Waals surface area contributed by atoms with Crippen LogP contribution in [0, 0.1) is 5.92 Å². The van der Waals surface area contributed by atoms with E-state index in [-0.39, 0.29) is 0 Å². The molecule has 0 aromatic carbocycles. The molecular formula is C11H15NO3S2.